The van der Waals surface area contributed by atoms with Crippen molar-refractivity contribution in [2.75, 3.05) is 25.0 Å². The molecule has 0 saturated carbocycles. The summed E-state index contributed by atoms with van der Waals surface area (Å²) in [6.45, 7) is 3.31. The van der Waals surface area contributed by atoms with Gasteiger partial charge in [0.2, 0.25) is 15.9 Å². The van der Waals surface area contributed by atoms with Gasteiger partial charge in [-0.15, -0.1) is 0 Å². The highest BCUT2D eigenvalue weighted by atomic mass is 32.2. The summed E-state index contributed by atoms with van der Waals surface area (Å²) in [7, 11) is -3.73. The van der Waals surface area contributed by atoms with E-state index in [0.717, 1.165) is 38.1 Å². The van der Waals surface area contributed by atoms with Gasteiger partial charge in [-0.3, -0.25) is 4.79 Å². The zero-order valence-corrected chi connectivity index (χ0v) is 13.2. The lowest BCUT2D eigenvalue weighted by Gasteiger charge is -2.22. The molecule has 22 heavy (non-hydrogen) atoms. The lowest BCUT2D eigenvalue weighted by molar-refractivity contribution is -0.114. The fourth-order valence-corrected chi connectivity index (χ4v) is 3.51. The van der Waals surface area contributed by atoms with Crippen LogP contribution < -0.4 is 15.4 Å². The number of sulfonamides is 1. The van der Waals surface area contributed by atoms with Gasteiger partial charge in [0.25, 0.3) is 0 Å². The fourth-order valence-electron chi connectivity index (χ4n) is 2.37. The molecule has 0 bridgehead atoms. The van der Waals surface area contributed by atoms with Crippen LogP contribution in [0, 0.1) is 11.7 Å². The molecule has 1 atom stereocenters. The number of hydrogen-bond donors (Lipinski definition) is 3. The Kier molecular flexibility index (Phi) is 5.49. The van der Waals surface area contributed by atoms with E-state index in [4.69, 9.17) is 0 Å². The molecule has 8 heteroatoms. The molecule has 3 N–H and O–H groups in total. The second kappa shape index (κ2) is 7.17. The molecule has 1 amide bonds. The standard InChI is InChI=1S/C14H20FN3O3S/c1-10(19)18-14-7-12(4-5-13(14)15)22(20,21)17-9-11-3-2-6-16-8-11/h4-5,7,11,16-17H,2-3,6,8-9H2,1H3,(H,18,19). The lowest BCUT2D eigenvalue weighted by Crippen LogP contribution is -2.38. The smallest absolute Gasteiger partial charge is 0.240 e. The van der Waals surface area contributed by atoms with Gasteiger partial charge < -0.3 is 10.6 Å². The third-order valence-electron chi connectivity index (χ3n) is 3.52. The Balaban J connectivity index is 2.09. The van der Waals surface area contributed by atoms with Crippen LogP contribution in [0.2, 0.25) is 0 Å². The van der Waals surface area contributed by atoms with E-state index in [1.165, 1.54) is 13.0 Å². The summed E-state index contributed by atoms with van der Waals surface area (Å²) >= 11 is 0. The number of halogens is 1. The van der Waals surface area contributed by atoms with Crippen molar-refractivity contribution in [3.63, 3.8) is 0 Å². The van der Waals surface area contributed by atoms with Gasteiger partial charge in [0, 0.05) is 13.5 Å². The number of rotatable bonds is 5. The second-order valence-electron chi connectivity index (χ2n) is 5.39. The maximum Gasteiger partial charge on any atom is 0.240 e. The molecule has 1 aliphatic heterocycles. The number of carbonyl (C=O) groups excluding carboxylic acids is 1. The van der Waals surface area contributed by atoms with Crippen molar-refractivity contribution < 1.29 is 17.6 Å². The minimum absolute atomic E-state index is 0.0681. The zero-order chi connectivity index (χ0) is 16.2. The SMILES string of the molecule is CC(=O)Nc1cc(S(=O)(=O)NCC2CCCNC2)ccc1F. The minimum atomic E-state index is -3.73. The average molecular weight is 329 g/mol. The molecule has 1 unspecified atom stereocenters. The Morgan fingerprint density at radius 1 is 1.45 bits per heavy atom. The number of anilines is 1. The van der Waals surface area contributed by atoms with Crippen molar-refractivity contribution >= 4 is 21.6 Å². The topological polar surface area (TPSA) is 87.3 Å². The highest BCUT2D eigenvalue weighted by Gasteiger charge is 2.20. The second-order valence-corrected chi connectivity index (χ2v) is 7.15. The summed E-state index contributed by atoms with van der Waals surface area (Å²) in [4.78, 5) is 10.9. The van der Waals surface area contributed by atoms with Gasteiger partial charge in [-0.2, -0.15) is 0 Å². The van der Waals surface area contributed by atoms with Crippen molar-refractivity contribution in [2.45, 2.75) is 24.7 Å². The molecule has 1 aromatic rings. The summed E-state index contributed by atoms with van der Waals surface area (Å²) in [6, 6.07) is 3.34. The van der Waals surface area contributed by atoms with Gasteiger partial charge in [-0.05, 0) is 50.0 Å². The van der Waals surface area contributed by atoms with Crippen molar-refractivity contribution in [3.8, 4) is 0 Å². The van der Waals surface area contributed by atoms with Gasteiger partial charge in [0.15, 0.2) is 0 Å². The molecule has 122 valence electrons. The molecular weight excluding hydrogens is 309 g/mol. The van der Waals surface area contributed by atoms with Crippen LogP contribution in [0.5, 0.6) is 0 Å². The third-order valence-corrected chi connectivity index (χ3v) is 4.94. The average Bonchev–Trinajstić information content (AvgIpc) is 2.48. The van der Waals surface area contributed by atoms with E-state index in [1.807, 2.05) is 0 Å². The summed E-state index contributed by atoms with van der Waals surface area (Å²) in [5.74, 6) is -0.890. The molecule has 1 fully saturated rings. The van der Waals surface area contributed by atoms with Gasteiger partial charge in [-0.1, -0.05) is 0 Å². The van der Waals surface area contributed by atoms with E-state index in [1.54, 1.807) is 0 Å². The number of carbonyl (C=O) groups is 1. The lowest BCUT2D eigenvalue weighted by atomic mass is 10.0. The van der Waals surface area contributed by atoms with E-state index >= 15 is 0 Å². The zero-order valence-electron chi connectivity index (χ0n) is 12.4. The normalized spacial score (nSPS) is 18.9. The Morgan fingerprint density at radius 2 is 2.23 bits per heavy atom. The highest BCUT2D eigenvalue weighted by molar-refractivity contribution is 7.89. The van der Waals surface area contributed by atoms with Crippen LogP contribution in [0.3, 0.4) is 0 Å². The molecule has 0 aromatic heterocycles. The predicted molar refractivity (Wildman–Crippen MR) is 81.5 cm³/mol. The maximum atomic E-state index is 13.6. The third kappa shape index (κ3) is 4.49. The van der Waals surface area contributed by atoms with Crippen molar-refractivity contribution in [2.24, 2.45) is 5.92 Å². The summed E-state index contributed by atoms with van der Waals surface area (Å²) < 4.78 is 40.6. The predicted octanol–water partition coefficient (Wildman–Crippen LogP) is 1.06. The molecule has 2 rings (SSSR count). The van der Waals surface area contributed by atoms with E-state index in [0.29, 0.717) is 6.54 Å². The molecule has 1 heterocycles. The molecule has 0 radical (unpaired) electrons. The largest absolute Gasteiger partial charge is 0.324 e. The van der Waals surface area contributed by atoms with Crippen LogP contribution in [0.4, 0.5) is 10.1 Å². The van der Waals surface area contributed by atoms with Crippen LogP contribution in [0.25, 0.3) is 0 Å². The van der Waals surface area contributed by atoms with E-state index < -0.39 is 21.7 Å². The summed E-state index contributed by atoms with van der Waals surface area (Å²) in [5.41, 5.74) is -0.144. The van der Waals surface area contributed by atoms with E-state index in [9.17, 15) is 17.6 Å². The van der Waals surface area contributed by atoms with Crippen LogP contribution in [0.15, 0.2) is 23.1 Å². The molecule has 1 saturated heterocycles. The number of hydrogen-bond acceptors (Lipinski definition) is 4. The number of benzene rings is 1. The van der Waals surface area contributed by atoms with Gasteiger partial charge in [0.05, 0.1) is 10.6 Å². The van der Waals surface area contributed by atoms with Gasteiger partial charge >= 0.3 is 0 Å². The van der Waals surface area contributed by atoms with Crippen molar-refractivity contribution in [1.82, 2.24) is 10.0 Å². The Labute approximate surface area is 129 Å². The Bertz CT molecular complexity index is 643. The molecule has 1 aromatic carbocycles. The molecule has 0 aliphatic carbocycles. The molecule has 0 spiro atoms. The number of nitrogens with one attached hydrogen (secondary N) is 3. The van der Waals surface area contributed by atoms with Crippen molar-refractivity contribution in [3.05, 3.63) is 24.0 Å². The van der Waals surface area contributed by atoms with E-state index in [-0.39, 0.29) is 16.5 Å². The first-order chi connectivity index (χ1) is 10.4. The molecular formula is C14H20FN3O3S. The first-order valence-corrected chi connectivity index (χ1v) is 8.64. The maximum absolute atomic E-state index is 13.6. The van der Waals surface area contributed by atoms with Crippen LogP contribution in [-0.2, 0) is 14.8 Å². The molecule has 1 aliphatic rings. The van der Waals surface area contributed by atoms with Crippen LogP contribution in [0.1, 0.15) is 19.8 Å². The quantitative estimate of drug-likeness (QED) is 0.754. The van der Waals surface area contributed by atoms with Gasteiger partial charge in [-0.25, -0.2) is 17.5 Å². The van der Waals surface area contributed by atoms with Crippen molar-refractivity contribution in [1.29, 1.82) is 0 Å². The number of piperidine rings is 1. The Hall–Kier alpha value is -1.51. The first kappa shape index (κ1) is 16.9. The highest BCUT2D eigenvalue weighted by Crippen LogP contribution is 2.20. The van der Waals surface area contributed by atoms with Crippen LogP contribution >= 0.6 is 0 Å². The number of amides is 1. The molecule has 6 nitrogen and oxygen atoms in total. The van der Waals surface area contributed by atoms with E-state index in [2.05, 4.69) is 15.4 Å². The monoisotopic (exact) mass is 329 g/mol. The fraction of sp³-hybridized carbons (Fsp3) is 0.500. The summed E-state index contributed by atoms with van der Waals surface area (Å²) in [6.07, 6.45) is 1.99. The summed E-state index contributed by atoms with van der Waals surface area (Å²) in [5, 5.41) is 5.49. The first-order valence-electron chi connectivity index (χ1n) is 7.16. The van der Waals surface area contributed by atoms with Gasteiger partial charge in [0.1, 0.15) is 5.82 Å². The minimum Gasteiger partial charge on any atom is -0.324 e. The van der Waals surface area contributed by atoms with Crippen LogP contribution in [-0.4, -0.2) is 34.0 Å². The Morgan fingerprint density at radius 3 is 2.86 bits per heavy atom.